The fourth-order valence-electron chi connectivity index (χ4n) is 4.85. The standard InChI is InChI=1S/C34H35N3O4/c1-25-12-10-16-27(35-25)24-36(2)33(40)30-19-8-6-17-28(30)29-18-7-9-20-31(29)34(41)37(23-21-32(38)39)22-11-15-26-13-4-3-5-14-26/h3-10,12-14,16-20H,11,15,21-24H2,1-2H3,(H,38,39). The fourth-order valence-corrected chi connectivity index (χ4v) is 4.85. The molecule has 3 aromatic carbocycles. The van der Waals surface area contributed by atoms with Crippen LogP contribution in [0.25, 0.3) is 11.1 Å². The van der Waals surface area contributed by atoms with E-state index in [1.54, 1.807) is 35.0 Å². The number of carboxylic acid groups (broad SMARTS) is 1. The van der Waals surface area contributed by atoms with Gasteiger partial charge in [0, 0.05) is 37.0 Å². The van der Waals surface area contributed by atoms with Crippen LogP contribution in [0, 0.1) is 6.92 Å². The summed E-state index contributed by atoms with van der Waals surface area (Å²) in [5.74, 6) is -1.40. The van der Waals surface area contributed by atoms with E-state index in [9.17, 15) is 19.5 Å². The van der Waals surface area contributed by atoms with Crippen molar-refractivity contribution in [2.45, 2.75) is 32.7 Å². The lowest BCUT2D eigenvalue weighted by Gasteiger charge is -2.24. The van der Waals surface area contributed by atoms with Crippen LogP contribution in [0.5, 0.6) is 0 Å². The third kappa shape index (κ3) is 7.88. The van der Waals surface area contributed by atoms with E-state index in [4.69, 9.17) is 0 Å². The van der Waals surface area contributed by atoms with Gasteiger partial charge in [0.05, 0.1) is 18.7 Å². The van der Waals surface area contributed by atoms with E-state index in [1.807, 2.05) is 85.8 Å². The summed E-state index contributed by atoms with van der Waals surface area (Å²) in [6, 6.07) is 30.2. The van der Waals surface area contributed by atoms with Gasteiger partial charge in [0.2, 0.25) is 0 Å². The third-order valence-corrected chi connectivity index (χ3v) is 6.92. The van der Waals surface area contributed by atoms with E-state index in [2.05, 4.69) is 4.98 Å². The number of aryl methyl sites for hydroxylation is 2. The van der Waals surface area contributed by atoms with Crippen LogP contribution >= 0.6 is 0 Å². The zero-order valence-electron chi connectivity index (χ0n) is 23.5. The van der Waals surface area contributed by atoms with Crippen molar-refractivity contribution in [2.75, 3.05) is 20.1 Å². The number of carbonyl (C=O) groups is 3. The summed E-state index contributed by atoms with van der Waals surface area (Å²) in [7, 11) is 1.74. The molecule has 7 nitrogen and oxygen atoms in total. The first-order valence-electron chi connectivity index (χ1n) is 13.7. The van der Waals surface area contributed by atoms with Gasteiger partial charge in [0.1, 0.15) is 0 Å². The number of hydrogen-bond acceptors (Lipinski definition) is 4. The molecule has 0 atom stereocenters. The number of carbonyl (C=O) groups excluding carboxylic acids is 2. The van der Waals surface area contributed by atoms with Crippen LogP contribution in [0.2, 0.25) is 0 Å². The predicted molar refractivity (Wildman–Crippen MR) is 160 cm³/mol. The van der Waals surface area contributed by atoms with Crippen molar-refractivity contribution in [2.24, 2.45) is 0 Å². The number of amides is 2. The minimum absolute atomic E-state index is 0.101. The molecule has 0 radical (unpaired) electrons. The molecule has 0 spiro atoms. The van der Waals surface area contributed by atoms with Crippen molar-refractivity contribution in [3.8, 4) is 11.1 Å². The molecule has 1 N–H and O–H groups in total. The molecule has 0 fully saturated rings. The van der Waals surface area contributed by atoms with Crippen molar-refractivity contribution in [1.29, 1.82) is 0 Å². The molecular weight excluding hydrogens is 514 g/mol. The molecule has 4 rings (SSSR count). The third-order valence-electron chi connectivity index (χ3n) is 6.92. The number of hydrogen-bond donors (Lipinski definition) is 1. The summed E-state index contributed by atoms with van der Waals surface area (Å²) in [4.78, 5) is 46.7. The van der Waals surface area contributed by atoms with Crippen molar-refractivity contribution in [3.63, 3.8) is 0 Å². The van der Waals surface area contributed by atoms with Crippen LogP contribution in [-0.2, 0) is 17.8 Å². The van der Waals surface area contributed by atoms with Crippen molar-refractivity contribution in [3.05, 3.63) is 125 Å². The van der Waals surface area contributed by atoms with E-state index in [1.165, 1.54) is 0 Å². The second-order valence-electron chi connectivity index (χ2n) is 10.0. The maximum Gasteiger partial charge on any atom is 0.305 e. The Morgan fingerprint density at radius 3 is 1.98 bits per heavy atom. The molecule has 0 aliphatic heterocycles. The van der Waals surface area contributed by atoms with Gasteiger partial charge < -0.3 is 14.9 Å². The molecule has 0 bridgehead atoms. The first-order valence-corrected chi connectivity index (χ1v) is 13.7. The highest BCUT2D eigenvalue weighted by Crippen LogP contribution is 2.29. The second-order valence-corrected chi connectivity index (χ2v) is 10.0. The molecule has 0 aliphatic rings. The van der Waals surface area contributed by atoms with E-state index in [0.29, 0.717) is 41.8 Å². The first-order chi connectivity index (χ1) is 19.8. The monoisotopic (exact) mass is 549 g/mol. The highest BCUT2D eigenvalue weighted by Gasteiger charge is 2.23. The fraction of sp³-hybridized carbons (Fsp3) is 0.235. The number of carboxylic acids is 1. The molecule has 0 saturated heterocycles. The molecule has 210 valence electrons. The molecule has 1 heterocycles. The summed E-state index contributed by atoms with van der Waals surface area (Å²) >= 11 is 0. The summed E-state index contributed by atoms with van der Waals surface area (Å²) in [6.45, 7) is 2.78. The number of nitrogens with zero attached hydrogens (tertiary/aromatic N) is 3. The number of benzene rings is 3. The second kappa shape index (κ2) is 14.0. The van der Waals surface area contributed by atoms with Gasteiger partial charge in [-0.05, 0) is 60.7 Å². The van der Waals surface area contributed by atoms with Gasteiger partial charge in [-0.1, -0.05) is 72.8 Å². The Hall–Kier alpha value is -4.78. The number of pyridine rings is 1. The van der Waals surface area contributed by atoms with Gasteiger partial charge in [-0.2, -0.15) is 0 Å². The molecule has 0 saturated carbocycles. The zero-order chi connectivity index (χ0) is 29.2. The number of rotatable bonds is 12. The number of aromatic nitrogens is 1. The highest BCUT2D eigenvalue weighted by molar-refractivity contribution is 6.06. The van der Waals surface area contributed by atoms with Crippen LogP contribution in [0.4, 0.5) is 0 Å². The van der Waals surface area contributed by atoms with Crippen LogP contribution in [0.3, 0.4) is 0 Å². The molecule has 2 amide bonds. The molecule has 0 aliphatic carbocycles. The van der Waals surface area contributed by atoms with Crippen LogP contribution in [-0.4, -0.2) is 57.8 Å². The Bertz CT molecular complexity index is 1500. The summed E-state index contributed by atoms with van der Waals surface area (Å²) in [5, 5.41) is 9.34. The predicted octanol–water partition coefficient (Wildman–Crippen LogP) is 5.88. The lowest BCUT2D eigenvalue weighted by atomic mass is 9.94. The molecule has 0 unspecified atom stereocenters. The van der Waals surface area contributed by atoms with Gasteiger partial charge in [-0.3, -0.25) is 19.4 Å². The molecule has 41 heavy (non-hydrogen) atoms. The SMILES string of the molecule is Cc1cccc(CN(C)C(=O)c2ccccc2-c2ccccc2C(=O)N(CCCc2ccccc2)CCC(=O)O)n1. The Morgan fingerprint density at radius 2 is 1.34 bits per heavy atom. The molecule has 7 heteroatoms. The average molecular weight is 550 g/mol. The zero-order valence-corrected chi connectivity index (χ0v) is 23.5. The Morgan fingerprint density at radius 1 is 0.732 bits per heavy atom. The summed E-state index contributed by atoms with van der Waals surface area (Å²) in [5.41, 5.74) is 5.02. The lowest BCUT2D eigenvalue weighted by Crippen LogP contribution is -2.34. The Labute approximate surface area is 241 Å². The van der Waals surface area contributed by atoms with Gasteiger partial charge >= 0.3 is 5.97 Å². The molecule has 4 aromatic rings. The van der Waals surface area contributed by atoms with Crippen molar-refractivity contribution in [1.82, 2.24) is 14.8 Å². The smallest absolute Gasteiger partial charge is 0.305 e. The molecule has 1 aromatic heterocycles. The minimum Gasteiger partial charge on any atom is -0.481 e. The Balaban J connectivity index is 1.60. The quantitative estimate of drug-likeness (QED) is 0.238. The number of aliphatic carboxylic acids is 1. The average Bonchev–Trinajstić information content (AvgIpc) is 2.98. The van der Waals surface area contributed by atoms with E-state index in [0.717, 1.165) is 23.4 Å². The Kier molecular flexibility index (Phi) is 9.99. The van der Waals surface area contributed by atoms with Crippen molar-refractivity contribution >= 4 is 17.8 Å². The van der Waals surface area contributed by atoms with Gasteiger partial charge in [0.15, 0.2) is 0 Å². The summed E-state index contributed by atoms with van der Waals surface area (Å²) in [6.07, 6.45) is 1.33. The lowest BCUT2D eigenvalue weighted by molar-refractivity contribution is -0.137. The van der Waals surface area contributed by atoms with Gasteiger partial charge in [-0.15, -0.1) is 0 Å². The van der Waals surface area contributed by atoms with Crippen LogP contribution in [0.1, 0.15) is 50.5 Å². The minimum atomic E-state index is -0.957. The first kappa shape index (κ1) is 29.2. The van der Waals surface area contributed by atoms with E-state index in [-0.39, 0.29) is 24.8 Å². The maximum atomic E-state index is 13.9. The molecular formula is C34H35N3O4. The largest absolute Gasteiger partial charge is 0.481 e. The normalized spacial score (nSPS) is 10.7. The van der Waals surface area contributed by atoms with Gasteiger partial charge in [0.25, 0.3) is 11.8 Å². The van der Waals surface area contributed by atoms with Gasteiger partial charge in [-0.25, -0.2) is 0 Å². The topological polar surface area (TPSA) is 90.8 Å². The van der Waals surface area contributed by atoms with E-state index < -0.39 is 5.97 Å². The van der Waals surface area contributed by atoms with Crippen LogP contribution in [0.15, 0.2) is 97.1 Å². The summed E-state index contributed by atoms with van der Waals surface area (Å²) < 4.78 is 0. The van der Waals surface area contributed by atoms with E-state index >= 15 is 0 Å². The highest BCUT2D eigenvalue weighted by atomic mass is 16.4. The van der Waals surface area contributed by atoms with Crippen LogP contribution < -0.4 is 0 Å². The maximum absolute atomic E-state index is 13.9. The van der Waals surface area contributed by atoms with Crippen molar-refractivity contribution < 1.29 is 19.5 Å².